The van der Waals surface area contributed by atoms with Gasteiger partial charge in [0.2, 0.25) is 0 Å². The topological polar surface area (TPSA) is 61.7 Å². The number of phenolic OH excluding ortho intramolecular Hbond substituents is 1. The fraction of sp³-hybridized carbons (Fsp3) is 0.125. The number of hydrogen-bond acceptors (Lipinski definition) is 3. The lowest BCUT2D eigenvalue weighted by Crippen LogP contribution is -2.19. The van der Waals surface area contributed by atoms with Crippen LogP contribution in [0.25, 0.3) is 0 Å². The van der Waals surface area contributed by atoms with Gasteiger partial charge in [-0.05, 0) is 54.0 Å². The summed E-state index contributed by atoms with van der Waals surface area (Å²) in [6, 6.07) is 10.7. The maximum absolute atomic E-state index is 12.1. The Kier molecular flexibility index (Phi) is 5.37. The van der Waals surface area contributed by atoms with Gasteiger partial charge >= 0.3 is 0 Å². The molecule has 0 saturated carbocycles. The minimum Gasteiger partial charge on any atom is -0.506 e. The second-order valence-corrected chi connectivity index (χ2v) is 6.56. The number of rotatable bonds is 3. The van der Waals surface area contributed by atoms with Crippen LogP contribution in [0.5, 0.6) is 5.75 Å². The Balaban J connectivity index is 2.22. The molecule has 114 valence electrons. The highest BCUT2D eigenvalue weighted by atomic mass is 79.9. The highest BCUT2D eigenvalue weighted by molar-refractivity contribution is 9.11. The third-order valence-corrected chi connectivity index (χ3v) is 4.09. The van der Waals surface area contributed by atoms with Gasteiger partial charge in [0.1, 0.15) is 5.75 Å². The van der Waals surface area contributed by atoms with Crippen LogP contribution >= 0.6 is 31.9 Å². The van der Waals surface area contributed by atoms with Crippen LogP contribution in [-0.4, -0.2) is 16.7 Å². The van der Waals surface area contributed by atoms with Crippen molar-refractivity contribution >= 4 is 43.5 Å². The van der Waals surface area contributed by atoms with E-state index in [-0.39, 0.29) is 11.7 Å². The number of carbonyl (C=O) groups excluding carboxylic acids is 1. The number of hydrazone groups is 1. The monoisotopic (exact) mass is 424 g/mol. The van der Waals surface area contributed by atoms with Gasteiger partial charge < -0.3 is 5.11 Å². The summed E-state index contributed by atoms with van der Waals surface area (Å²) in [5.74, 6) is -0.217. The van der Waals surface area contributed by atoms with Gasteiger partial charge in [0.05, 0.1) is 10.2 Å². The van der Waals surface area contributed by atoms with Crippen molar-refractivity contribution in [3.05, 3.63) is 62.0 Å². The van der Waals surface area contributed by atoms with Crippen molar-refractivity contribution in [1.29, 1.82) is 0 Å². The van der Waals surface area contributed by atoms with Crippen LogP contribution in [-0.2, 0) is 0 Å². The van der Waals surface area contributed by atoms with E-state index in [0.717, 1.165) is 10.0 Å². The number of nitrogens with zero attached hydrogens (tertiary/aromatic N) is 1. The second-order valence-electron chi connectivity index (χ2n) is 4.79. The average molecular weight is 426 g/mol. The van der Waals surface area contributed by atoms with Gasteiger partial charge in [-0.15, -0.1) is 0 Å². The van der Waals surface area contributed by atoms with E-state index in [1.54, 1.807) is 31.2 Å². The van der Waals surface area contributed by atoms with Gasteiger partial charge in [-0.25, -0.2) is 5.43 Å². The molecule has 1 amide bonds. The molecule has 0 atom stereocenters. The summed E-state index contributed by atoms with van der Waals surface area (Å²) in [6.45, 7) is 3.63. The fourth-order valence-corrected chi connectivity index (χ4v) is 3.11. The van der Waals surface area contributed by atoms with Crippen LogP contribution in [0, 0.1) is 6.92 Å². The molecule has 0 aliphatic heterocycles. The maximum atomic E-state index is 12.1. The molecule has 0 saturated heterocycles. The van der Waals surface area contributed by atoms with Gasteiger partial charge in [-0.3, -0.25) is 4.79 Å². The maximum Gasteiger partial charge on any atom is 0.271 e. The number of halogens is 2. The lowest BCUT2D eigenvalue weighted by atomic mass is 10.1. The first-order valence-corrected chi connectivity index (χ1v) is 8.06. The van der Waals surface area contributed by atoms with Crippen LogP contribution in [0.4, 0.5) is 0 Å². The summed E-state index contributed by atoms with van der Waals surface area (Å²) in [6.07, 6.45) is 0. The quantitative estimate of drug-likeness (QED) is 0.566. The summed E-state index contributed by atoms with van der Waals surface area (Å²) in [7, 11) is 0. The minimum absolute atomic E-state index is 0.0780. The number of aromatic hydroxyl groups is 1. The van der Waals surface area contributed by atoms with Crippen LogP contribution in [0.1, 0.15) is 28.4 Å². The Morgan fingerprint density at radius 1 is 1.23 bits per heavy atom. The number of amides is 1. The molecule has 0 aromatic heterocycles. The molecule has 0 bridgehead atoms. The molecule has 2 rings (SSSR count). The lowest BCUT2D eigenvalue weighted by Gasteiger charge is -2.08. The minimum atomic E-state index is -0.295. The van der Waals surface area contributed by atoms with Crippen LogP contribution in [0.2, 0.25) is 0 Å². The molecular weight excluding hydrogens is 412 g/mol. The molecule has 0 aliphatic carbocycles. The SMILES string of the molecule is C/C(=N\NC(=O)c1cccc(C)c1)c1cc(Br)cc(Br)c1O. The summed E-state index contributed by atoms with van der Waals surface area (Å²) in [5, 5.41) is 14.1. The van der Waals surface area contributed by atoms with E-state index in [1.165, 1.54) is 0 Å². The number of phenols is 1. The van der Waals surface area contributed by atoms with Gasteiger partial charge in [-0.2, -0.15) is 5.10 Å². The van der Waals surface area contributed by atoms with Gasteiger partial charge in [0, 0.05) is 15.6 Å². The second kappa shape index (κ2) is 7.07. The van der Waals surface area contributed by atoms with E-state index in [1.807, 2.05) is 19.1 Å². The molecule has 22 heavy (non-hydrogen) atoms. The Bertz CT molecular complexity index is 758. The zero-order valence-corrected chi connectivity index (χ0v) is 15.2. The number of aryl methyl sites for hydroxylation is 1. The van der Waals surface area contributed by atoms with Crippen molar-refractivity contribution in [1.82, 2.24) is 5.43 Å². The first-order valence-electron chi connectivity index (χ1n) is 6.48. The predicted molar refractivity (Wildman–Crippen MR) is 94.4 cm³/mol. The van der Waals surface area contributed by atoms with Crippen molar-refractivity contribution < 1.29 is 9.90 Å². The summed E-state index contributed by atoms with van der Waals surface area (Å²) < 4.78 is 1.35. The third kappa shape index (κ3) is 3.96. The molecule has 0 spiro atoms. The molecule has 4 nitrogen and oxygen atoms in total. The molecule has 2 aromatic rings. The summed E-state index contributed by atoms with van der Waals surface area (Å²) in [5.41, 5.74) is 5.07. The zero-order chi connectivity index (χ0) is 16.3. The first kappa shape index (κ1) is 16.7. The van der Waals surface area contributed by atoms with E-state index < -0.39 is 0 Å². The first-order chi connectivity index (χ1) is 10.4. The predicted octanol–water partition coefficient (Wildman–Crippen LogP) is 4.38. The normalized spacial score (nSPS) is 11.4. The van der Waals surface area contributed by atoms with E-state index in [2.05, 4.69) is 42.4 Å². The van der Waals surface area contributed by atoms with Crippen molar-refractivity contribution in [2.45, 2.75) is 13.8 Å². The molecule has 6 heteroatoms. The van der Waals surface area contributed by atoms with Crippen LogP contribution in [0.3, 0.4) is 0 Å². The van der Waals surface area contributed by atoms with E-state index in [4.69, 9.17) is 0 Å². The van der Waals surface area contributed by atoms with Gasteiger partial charge in [0.15, 0.2) is 0 Å². The van der Waals surface area contributed by atoms with Crippen LogP contribution < -0.4 is 5.43 Å². The molecule has 0 fully saturated rings. The van der Waals surface area contributed by atoms with Gasteiger partial charge in [-0.1, -0.05) is 33.6 Å². The molecule has 0 radical (unpaired) electrons. The number of hydrogen-bond donors (Lipinski definition) is 2. The molecule has 0 heterocycles. The fourth-order valence-electron chi connectivity index (χ4n) is 1.89. The largest absolute Gasteiger partial charge is 0.506 e. The average Bonchev–Trinajstić information content (AvgIpc) is 2.48. The summed E-state index contributed by atoms with van der Waals surface area (Å²) >= 11 is 6.62. The zero-order valence-electron chi connectivity index (χ0n) is 12.0. The lowest BCUT2D eigenvalue weighted by molar-refractivity contribution is 0.0954. The number of carbonyl (C=O) groups is 1. The molecule has 0 unspecified atom stereocenters. The Morgan fingerprint density at radius 3 is 2.64 bits per heavy atom. The number of benzene rings is 2. The van der Waals surface area contributed by atoms with E-state index in [9.17, 15) is 9.90 Å². The molecule has 2 N–H and O–H groups in total. The standard InChI is InChI=1S/C16H14Br2N2O2/c1-9-4-3-5-11(6-9)16(22)20-19-10(2)13-7-12(17)8-14(18)15(13)21/h3-8,21H,1-2H3,(H,20,22)/b19-10+. The highest BCUT2D eigenvalue weighted by Gasteiger charge is 2.11. The van der Waals surface area contributed by atoms with Crippen molar-refractivity contribution in [3.8, 4) is 5.75 Å². The number of nitrogens with one attached hydrogen (secondary N) is 1. The smallest absolute Gasteiger partial charge is 0.271 e. The Morgan fingerprint density at radius 2 is 1.95 bits per heavy atom. The van der Waals surface area contributed by atoms with E-state index >= 15 is 0 Å². The molecule has 0 aliphatic rings. The third-order valence-electron chi connectivity index (χ3n) is 3.02. The highest BCUT2D eigenvalue weighted by Crippen LogP contribution is 2.32. The van der Waals surface area contributed by atoms with Crippen molar-refractivity contribution in [3.63, 3.8) is 0 Å². The Hall–Kier alpha value is -1.66. The summed E-state index contributed by atoms with van der Waals surface area (Å²) in [4.78, 5) is 12.1. The van der Waals surface area contributed by atoms with Gasteiger partial charge in [0.25, 0.3) is 5.91 Å². The van der Waals surface area contributed by atoms with Crippen molar-refractivity contribution in [2.75, 3.05) is 0 Å². The van der Waals surface area contributed by atoms with Crippen molar-refractivity contribution in [2.24, 2.45) is 5.10 Å². The van der Waals surface area contributed by atoms with Crippen LogP contribution in [0.15, 0.2) is 50.4 Å². The molecular formula is C16H14Br2N2O2. The Labute approximate surface area is 145 Å². The molecule has 2 aromatic carbocycles. The van der Waals surface area contributed by atoms with E-state index in [0.29, 0.717) is 21.3 Å².